The van der Waals surface area contributed by atoms with Gasteiger partial charge < -0.3 is 40.3 Å². The fourth-order valence-electron chi connectivity index (χ4n) is 12.8. The van der Waals surface area contributed by atoms with Gasteiger partial charge in [-0.15, -0.1) is 0 Å². The SMILES string of the molecule is CCCCCCCCCCCCCCCCC/C=C/CC/C=C/CC/C=C/C(O)C(COC1OC(CO)C(O)C(O)C1O)NC(=O)CCCCCCCCCCCCCCCCCCCCCCCCCCCCCCCCCCCCCCCCCC. The number of ether oxygens (including phenoxy) is 2. The second kappa shape index (κ2) is 68.3. The van der Waals surface area contributed by atoms with Gasteiger partial charge in [0.05, 0.1) is 25.4 Å². The van der Waals surface area contributed by atoms with Crippen LogP contribution in [-0.4, -0.2) is 87.5 Å². The van der Waals surface area contributed by atoms with Gasteiger partial charge in [-0.3, -0.25) is 4.79 Å². The topological polar surface area (TPSA) is 149 Å². The summed E-state index contributed by atoms with van der Waals surface area (Å²) < 4.78 is 11.3. The van der Waals surface area contributed by atoms with Gasteiger partial charge in [0, 0.05) is 6.42 Å². The van der Waals surface area contributed by atoms with E-state index in [-0.39, 0.29) is 12.5 Å². The van der Waals surface area contributed by atoms with E-state index in [0.29, 0.717) is 6.42 Å². The molecule has 1 heterocycles. The van der Waals surface area contributed by atoms with Gasteiger partial charge in [-0.2, -0.15) is 0 Å². The number of aliphatic hydroxyl groups excluding tert-OH is 5. The van der Waals surface area contributed by atoms with Crippen LogP contribution in [-0.2, 0) is 14.3 Å². The fraction of sp³-hybridized carbons (Fsp3) is 0.911. The van der Waals surface area contributed by atoms with Crippen LogP contribution >= 0.6 is 0 Å². The molecule has 520 valence electrons. The molecule has 0 aromatic rings. The number of unbranched alkanes of at least 4 members (excludes halogenated alkanes) is 56. The molecule has 7 atom stereocenters. The number of carbonyl (C=O) groups is 1. The molecule has 0 aliphatic carbocycles. The Balaban J connectivity index is 2.06. The van der Waals surface area contributed by atoms with Crippen molar-refractivity contribution in [2.45, 2.75) is 448 Å². The number of hydrogen-bond acceptors (Lipinski definition) is 8. The maximum atomic E-state index is 13.1. The molecular weight excluding hydrogens is 1090 g/mol. The molecule has 0 radical (unpaired) electrons. The Bertz CT molecular complexity index is 1490. The summed E-state index contributed by atoms with van der Waals surface area (Å²) in [6.45, 7) is 3.82. The number of carbonyl (C=O) groups excluding carboxylic acids is 1. The third kappa shape index (κ3) is 56.0. The average molecular weight is 1240 g/mol. The first-order valence-corrected chi connectivity index (χ1v) is 39.2. The van der Waals surface area contributed by atoms with Crippen molar-refractivity contribution in [3.05, 3.63) is 36.5 Å². The summed E-state index contributed by atoms with van der Waals surface area (Å²) in [5.74, 6) is -0.182. The Kier molecular flexibility index (Phi) is 65.5. The molecule has 9 nitrogen and oxygen atoms in total. The van der Waals surface area contributed by atoms with Crippen LogP contribution in [0.1, 0.15) is 406 Å². The standard InChI is InChI=1S/C79H151NO8/c1-3-5-7-9-11-13-15-17-19-21-23-25-27-29-30-31-32-33-34-35-36-37-38-39-40-41-42-43-45-47-49-51-53-55-57-59-61-63-65-67-69-75(83)80-72(71-87-79-78(86)77(85)76(84)74(70-81)88-79)73(82)68-66-64-62-60-58-56-54-52-50-48-46-44-28-26-24-22-20-18-16-14-12-10-8-6-4-2/h50,52,58,60,66,68,72-74,76-79,81-82,84-86H,3-49,51,53-57,59,61-65,67,69-71H2,1-2H3,(H,80,83)/b52-50+,60-58+,68-66+. The largest absolute Gasteiger partial charge is 0.394 e. The minimum absolute atomic E-state index is 0.182. The van der Waals surface area contributed by atoms with Crippen LogP contribution in [0.15, 0.2) is 36.5 Å². The van der Waals surface area contributed by atoms with E-state index >= 15 is 0 Å². The van der Waals surface area contributed by atoms with Gasteiger partial charge in [0.1, 0.15) is 24.4 Å². The maximum Gasteiger partial charge on any atom is 0.220 e. The van der Waals surface area contributed by atoms with Crippen molar-refractivity contribution in [2.75, 3.05) is 13.2 Å². The van der Waals surface area contributed by atoms with E-state index in [1.807, 2.05) is 6.08 Å². The van der Waals surface area contributed by atoms with E-state index in [9.17, 15) is 30.3 Å². The van der Waals surface area contributed by atoms with Gasteiger partial charge in [-0.05, 0) is 44.9 Å². The summed E-state index contributed by atoms with van der Waals surface area (Å²) >= 11 is 0. The van der Waals surface area contributed by atoms with Crippen molar-refractivity contribution in [3.8, 4) is 0 Å². The highest BCUT2D eigenvalue weighted by Crippen LogP contribution is 2.24. The molecule has 0 aromatic heterocycles. The average Bonchev–Trinajstić information content (AvgIpc) is 3.29. The summed E-state index contributed by atoms with van der Waals surface area (Å²) in [7, 11) is 0. The van der Waals surface area contributed by atoms with E-state index in [1.54, 1.807) is 6.08 Å². The van der Waals surface area contributed by atoms with Gasteiger partial charge in [-0.25, -0.2) is 0 Å². The molecule has 1 fully saturated rings. The highest BCUT2D eigenvalue weighted by molar-refractivity contribution is 5.76. The van der Waals surface area contributed by atoms with Gasteiger partial charge in [0.2, 0.25) is 5.91 Å². The van der Waals surface area contributed by atoms with Crippen LogP contribution in [0.4, 0.5) is 0 Å². The zero-order valence-corrected chi connectivity index (χ0v) is 58.5. The molecule has 7 unspecified atom stereocenters. The second-order valence-electron chi connectivity index (χ2n) is 27.5. The van der Waals surface area contributed by atoms with Crippen LogP contribution in [0.5, 0.6) is 0 Å². The number of allylic oxidation sites excluding steroid dienone is 5. The Morgan fingerprint density at radius 3 is 0.955 bits per heavy atom. The fourth-order valence-corrected chi connectivity index (χ4v) is 12.8. The minimum atomic E-state index is -1.58. The molecule has 0 aromatic carbocycles. The minimum Gasteiger partial charge on any atom is -0.394 e. The van der Waals surface area contributed by atoms with Crippen molar-refractivity contribution < 1.29 is 39.8 Å². The van der Waals surface area contributed by atoms with Gasteiger partial charge in [-0.1, -0.05) is 391 Å². The molecule has 0 spiro atoms. The van der Waals surface area contributed by atoms with E-state index in [1.165, 1.54) is 340 Å². The van der Waals surface area contributed by atoms with E-state index in [4.69, 9.17) is 9.47 Å². The Hall–Kier alpha value is -1.59. The number of rotatable bonds is 70. The number of aliphatic hydroxyl groups is 5. The first-order chi connectivity index (χ1) is 43.3. The highest BCUT2D eigenvalue weighted by atomic mass is 16.7. The predicted octanol–water partition coefficient (Wildman–Crippen LogP) is 22.2. The molecule has 1 amide bonds. The molecule has 1 rings (SSSR count). The molecule has 88 heavy (non-hydrogen) atoms. The lowest BCUT2D eigenvalue weighted by molar-refractivity contribution is -0.302. The Labute approximate surface area is 546 Å². The monoisotopic (exact) mass is 1240 g/mol. The Morgan fingerprint density at radius 2 is 0.648 bits per heavy atom. The van der Waals surface area contributed by atoms with Gasteiger partial charge in [0.25, 0.3) is 0 Å². The van der Waals surface area contributed by atoms with E-state index < -0.39 is 49.5 Å². The van der Waals surface area contributed by atoms with Crippen molar-refractivity contribution in [3.63, 3.8) is 0 Å². The van der Waals surface area contributed by atoms with Crippen LogP contribution < -0.4 is 5.32 Å². The number of amides is 1. The molecule has 9 heteroatoms. The lowest BCUT2D eigenvalue weighted by Crippen LogP contribution is -2.60. The van der Waals surface area contributed by atoms with E-state index in [0.717, 1.165) is 44.9 Å². The summed E-state index contributed by atoms with van der Waals surface area (Å²) in [5.41, 5.74) is 0. The maximum absolute atomic E-state index is 13.1. The van der Waals surface area contributed by atoms with Crippen molar-refractivity contribution in [2.24, 2.45) is 0 Å². The summed E-state index contributed by atoms with van der Waals surface area (Å²) in [6, 6.07) is -0.828. The summed E-state index contributed by atoms with van der Waals surface area (Å²) in [4.78, 5) is 13.1. The zero-order chi connectivity index (χ0) is 63.5. The van der Waals surface area contributed by atoms with Crippen molar-refractivity contribution in [1.82, 2.24) is 5.32 Å². The third-order valence-electron chi connectivity index (χ3n) is 18.9. The van der Waals surface area contributed by atoms with Crippen LogP contribution in [0.2, 0.25) is 0 Å². The Morgan fingerprint density at radius 1 is 0.375 bits per heavy atom. The third-order valence-corrected chi connectivity index (χ3v) is 18.9. The molecular formula is C79H151NO8. The summed E-state index contributed by atoms with van der Waals surface area (Å²) in [5, 5.41) is 54.8. The van der Waals surface area contributed by atoms with Gasteiger partial charge in [0.15, 0.2) is 6.29 Å². The summed E-state index contributed by atoms with van der Waals surface area (Å²) in [6.07, 6.45) is 85.9. The molecule has 1 aliphatic rings. The normalized spacial score (nSPS) is 18.0. The molecule has 0 bridgehead atoms. The molecule has 0 saturated carbocycles. The first kappa shape index (κ1) is 84.4. The van der Waals surface area contributed by atoms with Crippen molar-refractivity contribution >= 4 is 5.91 Å². The van der Waals surface area contributed by atoms with Crippen molar-refractivity contribution in [1.29, 1.82) is 0 Å². The molecule has 1 aliphatic heterocycles. The predicted molar refractivity (Wildman–Crippen MR) is 378 cm³/mol. The van der Waals surface area contributed by atoms with E-state index in [2.05, 4.69) is 43.5 Å². The first-order valence-electron chi connectivity index (χ1n) is 39.2. The van der Waals surface area contributed by atoms with Gasteiger partial charge >= 0.3 is 0 Å². The van der Waals surface area contributed by atoms with Crippen LogP contribution in [0.25, 0.3) is 0 Å². The molecule has 1 saturated heterocycles. The number of nitrogens with one attached hydrogen (secondary N) is 1. The lowest BCUT2D eigenvalue weighted by atomic mass is 9.99. The lowest BCUT2D eigenvalue weighted by Gasteiger charge is -2.40. The van der Waals surface area contributed by atoms with Crippen LogP contribution in [0, 0.1) is 0 Å². The highest BCUT2D eigenvalue weighted by Gasteiger charge is 2.44. The smallest absolute Gasteiger partial charge is 0.220 e. The quantitative estimate of drug-likeness (QED) is 0.0261. The zero-order valence-electron chi connectivity index (χ0n) is 58.5. The second-order valence-corrected chi connectivity index (χ2v) is 27.5. The van der Waals surface area contributed by atoms with Crippen LogP contribution in [0.3, 0.4) is 0 Å². The molecule has 6 N–H and O–H groups in total. The number of hydrogen-bond donors (Lipinski definition) is 6.